The SMILES string of the molecule is CCCCC[C@@]1(O)CC[C@]2(C)O[C@H]12. The summed E-state index contributed by atoms with van der Waals surface area (Å²) in [5, 5.41) is 10.3. The number of hydrogen-bond acceptors (Lipinski definition) is 2. The van der Waals surface area contributed by atoms with E-state index in [4.69, 9.17) is 4.74 Å². The van der Waals surface area contributed by atoms with Gasteiger partial charge in [0.1, 0.15) is 6.10 Å². The van der Waals surface area contributed by atoms with Crippen molar-refractivity contribution >= 4 is 0 Å². The van der Waals surface area contributed by atoms with E-state index in [0.717, 1.165) is 25.7 Å². The molecular formula is C11H20O2. The molecule has 76 valence electrons. The molecule has 1 saturated carbocycles. The number of rotatable bonds is 4. The minimum absolute atomic E-state index is 0.0426. The van der Waals surface area contributed by atoms with Crippen LogP contribution in [0.2, 0.25) is 0 Å². The van der Waals surface area contributed by atoms with Crippen LogP contribution < -0.4 is 0 Å². The molecular weight excluding hydrogens is 164 g/mol. The Hall–Kier alpha value is -0.0800. The minimum Gasteiger partial charge on any atom is -0.387 e. The van der Waals surface area contributed by atoms with Gasteiger partial charge in [-0.15, -0.1) is 0 Å². The average molecular weight is 184 g/mol. The van der Waals surface area contributed by atoms with Crippen molar-refractivity contribution in [1.82, 2.24) is 0 Å². The summed E-state index contributed by atoms with van der Waals surface area (Å²) in [6, 6.07) is 0. The van der Waals surface area contributed by atoms with E-state index < -0.39 is 5.60 Å². The number of unbranched alkanes of at least 4 members (excludes halogenated alkanes) is 2. The number of fused-ring (bicyclic) bond motifs is 1. The van der Waals surface area contributed by atoms with E-state index >= 15 is 0 Å². The largest absolute Gasteiger partial charge is 0.387 e. The predicted molar refractivity (Wildman–Crippen MR) is 51.6 cm³/mol. The van der Waals surface area contributed by atoms with Crippen LogP contribution in [-0.4, -0.2) is 22.4 Å². The molecule has 1 aliphatic heterocycles. The lowest BCUT2D eigenvalue weighted by atomic mass is 9.93. The summed E-state index contributed by atoms with van der Waals surface area (Å²) < 4.78 is 5.54. The van der Waals surface area contributed by atoms with Crippen molar-refractivity contribution in [2.75, 3.05) is 0 Å². The molecule has 2 rings (SSSR count). The van der Waals surface area contributed by atoms with Gasteiger partial charge in [-0.25, -0.2) is 0 Å². The monoisotopic (exact) mass is 184 g/mol. The fourth-order valence-electron chi connectivity index (χ4n) is 2.64. The van der Waals surface area contributed by atoms with Gasteiger partial charge >= 0.3 is 0 Å². The molecule has 0 aromatic carbocycles. The summed E-state index contributed by atoms with van der Waals surface area (Å²) in [7, 11) is 0. The maximum Gasteiger partial charge on any atom is 0.116 e. The van der Waals surface area contributed by atoms with Gasteiger partial charge in [0.05, 0.1) is 11.2 Å². The van der Waals surface area contributed by atoms with Gasteiger partial charge in [0.2, 0.25) is 0 Å². The Morgan fingerprint density at radius 3 is 2.62 bits per heavy atom. The molecule has 0 spiro atoms. The molecule has 0 unspecified atom stereocenters. The maximum absolute atomic E-state index is 10.3. The van der Waals surface area contributed by atoms with E-state index in [1.807, 2.05) is 0 Å². The Balaban J connectivity index is 1.84. The second-order valence-electron chi connectivity index (χ2n) is 4.87. The third-order valence-electron chi connectivity index (χ3n) is 3.64. The minimum atomic E-state index is -0.482. The predicted octanol–water partition coefficient (Wildman–Crippen LogP) is 2.25. The lowest BCUT2D eigenvalue weighted by molar-refractivity contribution is -0.00756. The topological polar surface area (TPSA) is 32.8 Å². The molecule has 0 aromatic rings. The molecule has 1 heterocycles. The van der Waals surface area contributed by atoms with Crippen LogP contribution >= 0.6 is 0 Å². The fourth-order valence-corrected chi connectivity index (χ4v) is 2.64. The quantitative estimate of drug-likeness (QED) is 0.537. The van der Waals surface area contributed by atoms with Gasteiger partial charge in [0, 0.05) is 0 Å². The second-order valence-corrected chi connectivity index (χ2v) is 4.87. The smallest absolute Gasteiger partial charge is 0.116 e. The van der Waals surface area contributed by atoms with Crippen molar-refractivity contribution in [3.05, 3.63) is 0 Å². The average Bonchev–Trinajstić information content (AvgIpc) is 2.71. The van der Waals surface area contributed by atoms with Crippen LogP contribution in [0.15, 0.2) is 0 Å². The Morgan fingerprint density at radius 1 is 1.38 bits per heavy atom. The summed E-state index contributed by atoms with van der Waals surface area (Å²) in [6.45, 7) is 4.31. The number of hydrogen-bond donors (Lipinski definition) is 1. The highest BCUT2D eigenvalue weighted by molar-refractivity contribution is 5.16. The van der Waals surface area contributed by atoms with Gasteiger partial charge in [-0.05, 0) is 26.2 Å². The molecule has 0 radical (unpaired) electrons. The summed E-state index contributed by atoms with van der Waals surface area (Å²) >= 11 is 0. The Labute approximate surface area is 80.3 Å². The van der Waals surface area contributed by atoms with Gasteiger partial charge in [-0.2, -0.15) is 0 Å². The maximum atomic E-state index is 10.3. The summed E-state index contributed by atoms with van der Waals surface area (Å²) in [4.78, 5) is 0. The first-order valence-corrected chi connectivity index (χ1v) is 5.51. The molecule has 2 heteroatoms. The van der Waals surface area contributed by atoms with Crippen molar-refractivity contribution in [2.24, 2.45) is 0 Å². The van der Waals surface area contributed by atoms with E-state index in [1.54, 1.807) is 0 Å². The van der Waals surface area contributed by atoms with Crippen molar-refractivity contribution < 1.29 is 9.84 Å². The van der Waals surface area contributed by atoms with Gasteiger partial charge in [-0.3, -0.25) is 0 Å². The molecule has 2 nitrogen and oxygen atoms in total. The zero-order chi connectivity index (χ0) is 9.53. The highest BCUT2D eigenvalue weighted by atomic mass is 16.6. The van der Waals surface area contributed by atoms with E-state index in [0.29, 0.717) is 0 Å². The Morgan fingerprint density at radius 2 is 2.15 bits per heavy atom. The van der Waals surface area contributed by atoms with Crippen molar-refractivity contribution in [1.29, 1.82) is 0 Å². The van der Waals surface area contributed by atoms with Crippen molar-refractivity contribution in [2.45, 2.75) is 69.7 Å². The van der Waals surface area contributed by atoms with Crippen LogP contribution in [0.1, 0.15) is 52.4 Å². The molecule has 1 saturated heterocycles. The highest BCUT2D eigenvalue weighted by Crippen LogP contribution is 2.56. The van der Waals surface area contributed by atoms with Gasteiger partial charge in [-0.1, -0.05) is 26.2 Å². The Kier molecular flexibility index (Phi) is 2.16. The second kappa shape index (κ2) is 2.96. The number of epoxide rings is 1. The zero-order valence-corrected chi connectivity index (χ0v) is 8.68. The van der Waals surface area contributed by atoms with Crippen LogP contribution in [0.5, 0.6) is 0 Å². The van der Waals surface area contributed by atoms with E-state index in [1.165, 1.54) is 12.8 Å². The molecule has 1 aliphatic carbocycles. The van der Waals surface area contributed by atoms with Crippen molar-refractivity contribution in [3.63, 3.8) is 0 Å². The van der Waals surface area contributed by atoms with Gasteiger partial charge in [0.15, 0.2) is 0 Å². The van der Waals surface area contributed by atoms with E-state index in [-0.39, 0.29) is 11.7 Å². The lowest BCUT2D eigenvalue weighted by Crippen LogP contribution is -2.32. The third-order valence-corrected chi connectivity index (χ3v) is 3.64. The molecule has 2 aliphatic rings. The fraction of sp³-hybridized carbons (Fsp3) is 1.00. The van der Waals surface area contributed by atoms with E-state index in [2.05, 4.69) is 13.8 Å². The molecule has 13 heavy (non-hydrogen) atoms. The number of aliphatic hydroxyl groups is 1. The van der Waals surface area contributed by atoms with Crippen LogP contribution in [0, 0.1) is 0 Å². The summed E-state index contributed by atoms with van der Waals surface area (Å²) in [5.41, 5.74) is -0.440. The molecule has 2 fully saturated rings. The van der Waals surface area contributed by atoms with Crippen LogP contribution in [0.3, 0.4) is 0 Å². The molecule has 0 bridgehead atoms. The molecule has 0 amide bonds. The van der Waals surface area contributed by atoms with Crippen LogP contribution in [0.4, 0.5) is 0 Å². The molecule has 3 atom stereocenters. The van der Waals surface area contributed by atoms with Crippen molar-refractivity contribution in [3.8, 4) is 0 Å². The standard InChI is InChI=1S/C11H20O2/c1-3-4-5-6-11(12)8-7-10(2)9(11)13-10/h9,12H,3-8H2,1-2H3/t9-,10-,11+/m0/s1. The summed E-state index contributed by atoms with van der Waals surface area (Å²) in [6.07, 6.45) is 6.66. The first-order chi connectivity index (χ1) is 6.11. The normalized spacial score (nSPS) is 47.8. The van der Waals surface area contributed by atoms with Crippen LogP contribution in [0.25, 0.3) is 0 Å². The molecule has 0 aromatic heterocycles. The highest BCUT2D eigenvalue weighted by Gasteiger charge is 2.67. The third kappa shape index (κ3) is 1.50. The Bertz CT molecular complexity index is 204. The first kappa shape index (κ1) is 9.47. The number of ether oxygens (including phenoxy) is 1. The van der Waals surface area contributed by atoms with E-state index in [9.17, 15) is 5.11 Å². The molecule has 1 N–H and O–H groups in total. The zero-order valence-electron chi connectivity index (χ0n) is 8.68. The van der Waals surface area contributed by atoms with Gasteiger partial charge in [0.25, 0.3) is 0 Å². The lowest BCUT2D eigenvalue weighted by Gasteiger charge is -2.22. The van der Waals surface area contributed by atoms with Gasteiger partial charge < -0.3 is 9.84 Å². The first-order valence-electron chi connectivity index (χ1n) is 5.51. The van der Waals surface area contributed by atoms with Crippen LogP contribution in [-0.2, 0) is 4.74 Å². The summed E-state index contributed by atoms with van der Waals surface area (Å²) in [5.74, 6) is 0.